The Morgan fingerprint density at radius 3 is 3.00 bits per heavy atom. The highest BCUT2D eigenvalue weighted by Crippen LogP contribution is 2.14. The molecule has 0 aliphatic carbocycles. The lowest BCUT2D eigenvalue weighted by molar-refractivity contribution is -0.127. The van der Waals surface area contributed by atoms with E-state index in [4.69, 9.17) is 9.47 Å². The molecule has 24 heavy (non-hydrogen) atoms. The molecule has 1 fully saturated rings. The van der Waals surface area contributed by atoms with Gasteiger partial charge in [0.15, 0.2) is 0 Å². The number of aromatic nitrogens is 2. The monoisotopic (exact) mass is 329 g/mol. The summed E-state index contributed by atoms with van der Waals surface area (Å²) in [5, 5.41) is 3.08. The molecule has 0 radical (unpaired) electrons. The minimum Gasteiger partial charge on any atom is -0.379 e. The van der Waals surface area contributed by atoms with Crippen molar-refractivity contribution < 1.29 is 14.3 Å². The quantitative estimate of drug-likeness (QED) is 0.876. The average molecular weight is 329 g/mol. The number of carbonyl (C=O) groups excluding carboxylic acids is 1. The van der Waals surface area contributed by atoms with E-state index in [2.05, 4.69) is 10.3 Å². The van der Waals surface area contributed by atoms with Crippen LogP contribution in [0.4, 0.5) is 0 Å². The van der Waals surface area contributed by atoms with Crippen LogP contribution in [0.2, 0.25) is 0 Å². The Bertz CT molecular complexity index is 657. The number of imidazole rings is 1. The topological polar surface area (TPSA) is 65.4 Å². The van der Waals surface area contributed by atoms with Gasteiger partial charge in [-0.3, -0.25) is 4.79 Å². The highest BCUT2D eigenvalue weighted by molar-refractivity contribution is 5.76. The summed E-state index contributed by atoms with van der Waals surface area (Å²) in [7, 11) is 0. The smallest absolute Gasteiger partial charge is 0.240 e. The lowest BCUT2D eigenvalue weighted by Gasteiger charge is -2.32. The van der Waals surface area contributed by atoms with Crippen LogP contribution in [0, 0.1) is 6.92 Å². The van der Waals surface area contributed by atoms with Crippen molar-refractivity contribution in [1.82, 2.24) is 14.9 Å². The molecule has 2 aromatic rings. The number of aryl methyl sites for hydroxylation is 1. The summed E-state index contributed by atoms with van der Waals surface area (Å²) >= 11 is 0. The van der Waals surface area contributed by atoms with Crippen molar-refractivity contribution in [3.05, 3.63) is 54.1 Å². The van der Waals surface area contributed by atoms with Gasteiger partial charge in [0, 0.05) is 19.0 Å². The summed E-state index contributed by atoms with van der Waals surface area (Å²) in [5.41, 5.74) is 1.11. The second-order valence-electron chi connectivity index (χ2n) is 5.98. The van der Waals surface area contributed by atoms with Crippen LogP contribution in [-0.4, -0.2) is 40.8 Å². The van der Waals surface area contributed by atoms with Crippen molar-refractivity contribution in [2.75, 3.05) is 13.2 Å². The Hall–Kier alpha value is -2.18. The van der Waals surface area contributed by atoms with E-state index in [1.807, 2.05) is 48.0 Å². The van der Waals surface area contributed by atoms with Crippen LogP contribution >= 0.6 is 0 Å². The van der Waals surface area contributed by atoms with Gasteiger partial charge in [0.1, 0.15) is 18.5 Å². The van der Waals surface area contributed by atoms with Gasteiger partial charge in [-0.15, -0.1) is 0 Å². The molecule has 0 bridgehead atoms. The van der Waals surface area contributed by atoms with E-state index in [0.717, 1.165) is 17.8 Å². The number of benzene rings is 1. The summed E-state index contributed by atoms with van der Waals surface area (Å²) in [6, 6.07) is 9.98. The molecule has 6 nitrogen and oxygen atoms in total. The van der Waals surface area contributed by atoms with Crippen LogP contribution < -0.4 is 5.32 Å². The number of amides is 1. The van der Waals surface area contributed by atoms with Crippen LogP contribution in [-0.2, 0) is 27.4 Å². The summed E-state index contributed by atoms with van der Waals surface area (Å²) in [5.74, 6) is 0.797. The zero-order valence-electron chi connectivity index (χ0n) is 13.9. The van der Waals surface area contributed by atoms with E-state index in [0.29, 0.717) is 19.8 Å². The highest BCUT2D eigenvalue weighted by atomic mass is 16.5. The molecular formula is C18H23N3O3. The third-order valence-electron chi connectivity index (χ3n) is 4.19. The van der Waals surface area contributed by atoms with Gasteiger partial charge >= 0.3 is 0 Å². The fourth-order valence-electron chi connectivity index (χ4n) is 2.80. The normalized spacial score (nSPS) is 20.7. The molecule has 6 heteroatoms. The van der Waals surface area contributed by atoms with Crippen molar-refractivity contribution in [2.45, 2.75) is 38.6 Å². The molecule has 0 unspecified atom stereocenters. The van der Waals surface area contributed by atoms with Gasteiger partial charge in [0.25, 0.3) is 0 Å². The van der Waals surface area contributed by atoms with Gasteiger partial charge in [0.2, 0.25) is 5.91 Å². The number of hydrogen-bond acceptors (Lipinski definition) is 4. The zero-order chi connectivity index (χ0) is 16.8. The van der Waals surface area contributed by atoms with Gasteiger partial charge in [-0.25, -0.2) is 4.98 Å². The van der Waals surface area contributed by atoms with Gasteiger partial charge in [-0.2, -0.15) is 0 Å². The van der Waals surface area contributed by atoms with Crippen molar-refractivity contribution in [3.8, 4) is 0 Å². The average Bonchev–Trinajstić information content (AvgIpc) is 3.00. The Balaban J connectivity index is 1.54. The maximum absolute atomic E-state index is 12.3. The fourth-order valence-corrected chi connectivity index (χ4v) is 2.80. The number of ether oxygens (including phenoxy) is 2. The standard InChI is InChI=1S/C18H23N3O3/c1-14-19-8-9-21(14)11-18(22)20-16-7-10-23-13-17(16)24-12-15-5-3-2-4-6-15/h2-6,8-9,16-17H,7,10-13H2,1H3,(H,20,22)/t16-,17-/m1/s1. The summed E-state index contributed by atoms with van der Waals surface area (Å²) < 4.78 is 13.3. The molecule has 0 saturated carbocycles. The number of nitrogens with zero attached hydrogens (tertiary/aromatic N) is 2. The van der Waals surface area contributed by atoms with Gasteiger partial charge in [0.05, 0.1) is 19.3 Å². The van der Waals surface area contributed by atoms with E-state index in [1.165, 1.54) is 0 Å². The van der Waals surface area contributed by atoms with E-state index >= 15 is 0 Å². The van der Waals surface area contributed by atoms with E-state index in [-0.39, 0.29) is 24.6 Å². The zero-order valence-corrected chi connectivity index (χ0v) is 13.9. The first-order valence-electron chi connectivity index (χ1n) is 8.23. The first kappa shape index (κ1) is 16.7. The van der Waals surface area contributed by atoms with Crippen LogP contribution in [0.25, 0.3) is 0 Å². The van der Waals surface area contributed by atoms with Crippen molar-refractivity contribution in [3.63, 3.8) is 0 Å². The second-order valence-corrected chi connectivity index (χ2v) is 5.98. The Morgan fingerprint density at radius 2 is 2.25 bits per heavy atom. The van der Waals surface area contributed by atoms with Crippen molar-refractivity contribution >= 4 is 5.91 Å². The Kier molecular flexibility index (Phi) is 5.61. The molecule has 2 atom stereocenters. The van der Waals surface area contributed by atoms with Gasteiger partial charge in [-0.05, 0) is 18.9 Å². The fraction of sp³-hybridized carbons (Fsp3) is 0.444. The lowest BCUT2D eigenvalue weighted by atomic mass is 10.1. The summed E-state index contributed by atoms with van der Waals surface area (Å²) in [6.45, 7) is 3.81. The Morgan fingerprint density at radius 1 is 1.42 bits per heavy atom. The van der Waals surface area contributed by atoms with Gasteiger partial charge in [-0.1, -0.05) is 30.3 Å². The summed E-state index contributed by atoms with van der Waals surface area (Å²) in [4.78, 5) is 16.4. The predicted molar refractivity (Wildman–Crippen MR) is 89.3 cm³/mol. The molecule has 1 aliphatic rings. The molecular weight excluding hydrogens is 306 g/mol. The van der Waals surface area contributed by atoms with E-state index in [1.54, 1.807) is 6.20 Å². The van der Waals surface area contributed by atoms with Crippen molar-refractivity contribution in [1.29, 1.82) is 0 Å². The van der Waals surface area contributed by atoms with Gasteiger partial charge < -0.3 is 19.4 Å². The number of rotatable bonds is 6. The largest absolute Gasteiger partial charge is 0.379 e. The first-order valence-corrected chi connectivity index (χ1v) is 8.23. The molecule has 1 aromatic carbocycles. The molecule has 0 spiro atoms. The Labute approximate surface area is 141 Å². The summed E-state index contributed by atoms with van der Waals surface area (Å²) in [6.07, 6.45) is 4.13. The minimum absolute atomic E-state index is 0.0289. The first-order chi connectivity index (χ1) is 11.7. The van der Waals surface area contributed by atoms with E-state index in [9.17, 15) is 4.79 Å². The molecule has 3 rings (SSSR count). The molecule has 1 amide bonds. The van der Waals surface area contributed by atoms with Crippen LogP contribution in [0.3, 0.4) is 0 Å². The van der Waals surface area contributed by atoms with E-state index < -0.39 is 0 Å². The molecule has 128 valence electrons. The maximum Gasteiger partial charge on any atom is 0.240 e. The molecule has 1 aromatic heterocycles. The number of nitrogens with one attached hydrogen (secondary N) is 1. The number of carbonyl (C=O) groups is 1. The predicted octanol–water partition coefficient (Wildman–Crippen LogP) is 1.68. The SMILES string of the molecule is Cc1nccn1CC(=O)N[C@@H]1CCOC[C@H]1OCc1ccccc1. The second kappa shape index (κ2) is 8.08. The van der Waals surface area contributed by atoms with Crippen molar-refractivity contribution in [2.24, 2.45) is 0 Å². The third kappa shape index (κ3) is 4.43. The van der Waals surface area contributed by atoms with Crippen LogP contribution in [0.15, 0.2) is 42.7 Å². The molecule has 2 heterocycles. The van der Waals surface area contributed by atoms with Crippen LogP contribution in [0.5, 0.6) is 0 Å². The number of hydrogen-bond donors (Lipinski definition) is 1. The third-order valence-corrected chi connectivity index (χ3v) is 4.19. The lowest BCUT2D eigenvalue weighted by Crippen LogP contribution is -2.50. The maximum atomic E-state index is 12.3. The van der Waals surface area contributed by atoms with Crippen LogP contribution in [0.1, 0.15) is 17.8 Å². The minimum atomic E-state index is -0.133. The highest BCUT2D eigenvalue weighted by Gasteiger charge is 2.28. The molecule has 1 N–H and O–H groups in total. The molecule has 1 saturated heterocycles. The molecule has 1 aliphatic heterocycles.